The number of aryl methyl sites for hydroxylation is 3. The molecular formula is C18H26N6. The molecule has 3 rings (SSSR count). The van der Waals surface area contributed by atoms with Crippen LogP contribution in [0.15, 0.2) is 23.2 Å². The summed E-state index contributed by atoms with van der Waals surface area (Å²) in [6.07, 6.45) is 5.49. The highest BCUT2D eigenvalue weighted by Crippen LogP contribution is 2.15. The molecule has 0 saturated carbocycles. The average molecular weight is 326 g/mol. The monoisotopic (exact) mass is 326 g/mol. The van der Waals surface area contributed by atoms with E-state index >= 15 is 0 Å². The van der Waals surface area contributed by atoms with Crippen molar-refractivity contribution in [1.29, 1.82) is 0 Å². The van der Waals surface area contributed by atoms with Gasteiger partial charge in [-0.1, -0.05) is 12.5 Å². The SMILES string of the molecule is Cc1cc(C)cc(NC(N)=NCCc2nnc3n2CCCCC3)c1. The summed E-state index contributed by atoms with van der Waals surface area (Å²) in [5.74, 6) is 2.58. The van der Waals surface area contributed by atoms with E-state index in [2.05, 4.69) is 57.1 Å². The molecule has 1 aromatic carbocycles. The quantitative estimate of drug-likeness (QED) is 0.668. The lowest BCUT2D eigenvalue weighted by Gasteiger charge is -2.08. The van der Waals surface area contributed by atoms with Gasteiger partial charge in [0.05, 0.1) is 0 Å². The Bertz CT molecular complexity index is 711. The van der Waals surface area contributed by atoms with Gasteiger partial charge in [-0.25, -0.2) is 0 Å². The van der Waals surface area contributed by atoms with Crippen LogP contribution in [0.4, 0.5) is 5.69 Å². The Morgan fingerprint density at radius 3 is 2.75 bits per heavy atom. The fraction of sp³-hybridized carbons (Fsp3) is 0.500. The first kappa shape index (κ1) is 16.5. The van der Waals surface area contributed by atoms with E-state index in [0.717, 1.165) is 36.7 Å². The molecule has 1 aromatic heterocycles. The molecule has 0 atom stereocenters. The lowest BCUT2D eigenvalue weighted by atomic mass is 10.1. The third-order valence-corrected chi connectivity index (χ3v) is 4.30. The van der Waals surface area contributed by atoms with Gasteiger partial charge in [-0.15, -0.1) is 10.2 Å². The van der Waals surface area contributed by atoms with Crippen LogP contribution in [0.5, 0.6) is 0 Å². The van der Waals surface area contributed by atoms with Crippen LogP contribution in [0.3, 0.4) is 0 Å². The summed E-state index contributed by atoms with van der Waals surface area (Å²) < 4.78 is 2.26. The first-order valence-electron chi connectivity index (χ1n) is 8.68. The van der Waals surface area contributed by atoms with E-state index in [1.54, 1.807) is 0 Å². The van der Waals surface area contributed by atoms with Crippen molar-refractivity contribution in [2.75, 3.05) is 11.9 Å². The molecule has 0 radical (unpaired) electrons. The molecule has 0 bridgehead atoms. The lowest BCUT2D eigenvalue weighted by molar-refractivity contribution is 0.605. The molecule has 24 heavy (non-hydrogen) atoms. The van der Waals surface area contributed by atoms with Gasteiger partial charge in [0.25, 0.3) is 0 Å². The van der Waals surface area contributed by atoms with E-state index in [1.807, 2.05) is 0 Å². The maximum absolute atomic E-state index is 6.00. The van der Waals surface area contributed by atoms with Crippen LogP contribution in [-0.4, -0.2) is 27.3 Å². The number of hydrogen-bond donors (Lipinski definition) is 2. The first-order valence-corrected chi connectivity index (χ1v) is 8.68. The number of hydrogen-bond acceptors (Lipinski definition) is 3. The van der Waals surface area contributed by atoms with Gasteiger partial charge in [0.2, 0.25) is 0 Å². The zero-order valence-corrected chi connectivity index (χ0v) is 14.5. The smallest absolute Gasteiger partial charge is 0.193 e. The van der Waals surface area contributed by atoms with E-state index < -0.39 is 0 Å². The van der Waals surface area contributed by atoms with Gasteiger partial charge in [0, 0.05) is 31.6 Å². The van der Waals surface area contributed by atoms with Crippen LogP contribution in [0.25, 0.3) is 0 Å². The third-order valence-electron chi connectivity index (χ3n) is 4.30. The molecule has 3 N–H and O–H groups in total. The Labute approximate surface area is 143 Å². The zero-order valence-electron chi connectivity index (χ0n) is 14.5. The number of nitrogens with one attached hydrogen (secondary N) is 1. The van der Waals surface area contributed by atoms with Gasteiger partial charge in [-0.05, 0) is 49.9 Å². The van der Waals surface area contributed by atoms with E-state index in [0.29, 0.717) is 12.5 Å². The maximum Gasteiger partial charge on any atom is 0.193 e. The topological polar surface area (TPSA) is 81.1 Å². The van der Waals surface area contributed by atoms with Gasteiger partial charge < -0.3 is 15.6 Å². The number of aromatic nitrogens is 3. The minimum Gasteiger partial charge on any atom is -0.370 e. The number of guanidine groups is 1. The number of benzene rings is 1. The van der Waals surface area contributed by atoms with Crippen LogP contribution >= 0.6 is 0 Å². The normalized spacial score (nSPS) is 15.0. The molecule has 2 aromatic rings. The van der Waals surface area contributed by atoms with Crippen molar-refractivity contribution in [3.05, 3.63) is 41.0 Å². The standard InChI is InChI=1S/C18H26N6/c1-13-10-14(2)12-15(11-13)21-18(19)20-8-7-17-23-22-16-6-4-3-5-9-24(16)17/h10-12H,3-9H2,1-2H3,(H3,19,20,21). The summed E-state index contributed by atoms with van der Waals surface area (Å²) in [6.45, 7) is 5.78. The van der Waals surface area contributed by atoms with Crippen LogP contribution in [0.2, 0.25) is 0 Å². The number of nitrogens with zero attached hydrogens (tertiary/aromatic N) is 4. The minimum absolute atomic E-state index is 0.440. The van der Waals surface area contributed by atoms with Crippen LogP contribution in [0, 0.1) is 13.8 Å². The number of aliphatic imine (C=N–C) groups is 1. The molecule has 1 aliphatic heterocycles. The van der Waals surface area contributed by atoms with Crippen LogP contribution in [0.1, 0.15) is 42.0 Å². The maximum atomic E-state index is 6.00. The summed E-state index contributed by atoms with van der Waals surface area (Å²) in [6, 6.07) is 6.26. The predicted octanol–water partition coefficient (Wildman–Crippen LogP) is 2.59. The molecule has 6 nitrogen and oxygen atoms in total. The molecule has 0 saturated heterocycles. The Morgan fingerprint density at radius 2 is 1.96 bits per heavy atom. The molecule has 128 valence electrons. The summed E-state index contributed by atoms with van der Waals surface area (Å²) in [7, 11) is 0. The molecule has 0 amide bonds. The summed E-state index contributed by atoms with van der Waals surface area (Å²) >= 11 is 0. The molecule has 2 heterocycles. The highest BCUT2D eigenvalue weighted by Gasteiger charge is 2.13. The van der Waals surface area contributed by atoms with Gasteiger partial charge in [0.1, 0.15) is 11.6 Å². The van der Waals surface area contributed by atoms with Gasteiger partial charge in [-0.2, -0.15) is 0 Å². The molecule has 1 aliphatic rings. The van der Waals surface area contributed by atoms with E-state index in [-0.39, 0.29) is 0 Å². The lowest BCUT2D eigenvalue weighted by Crippen LogP contribution is -2.23. The summed E-state index contributed by atoms with van der Waals surface area (Å²) in [5.41, 5.74) is 9.39. The first-order chi connectivity index (χ1) is 11.6. The number of anilines is 1. The molecule has 0 aliphatic carbocycles. The van der Waals surface area contributed by atoms with Crippen LogP contribution in [-0.2, 0) is 19.4 Å². The largest absolute Gasteiger partial charge is 0.370 e. The van der Waals surface area contributed by atoms with Crippen molar-refractivity contribution in [1.82, 2.24) is 14.8 Å². The average Bonchev–Trinajstić information content (AvgIpc) is 2.75. The van der Waals surface area contributed by atoms with Crippen molar-refractivity contribution >= 4 is 11.6 Å². The van der Waals surface area contributed by atoms with Gasteiger partial charge in [-0.3, -0.25) is 4.99 Å². The molecule has 0 spiro atoms. The van der Waals surface area contributed by atoms with Crippen LogP contribution < -0.4 is 11.1 Å². The van der Waals surface area contributed by atoms with Gasteiger partial charge in [0.15, 0.2) is 5.96 Å². The molecule has 6 heteroatoms. The van der Waals surface area contributed by atoms with E-state index in [1.165, 1.54) is 30.4 Å². The fourth-order valence-corrected chi connectivity index (χ4v) is 3.24. The Hall–Kier alpha value is -2.37. The second-order valence-corrected chi connectivity index (χ2v) is 6.51. The molecule has 0 unspecified atom stereocenters. The van der Waals surface area contributed by atoms with Gasteiger partial charge >= 0.3 is 0 Å². The van der Waals surface area contributed by atoms with Crippen molar-refractivity contribution in [3.63, 3.8) is 0 Å². The molecule has 0 fully saturated rings. The second kappa shape index (κ2) is 7.47. The third kappa shape index (κ3) is 4.13. The highest BCUT2D eigenvalue weighted by atomic mass is 15.3. The van der Waals surface area contributed by atoms with E-state index in [4.69, 9.17) is 5.73 Å². The summed E-state index contributed by atoms with van der Waals surface area (Å²) in [4.78, 5) is 4.43. The highest BCUT2D eigenvalue weighted by molar-refractivity contribution is 5.92. The Morgan fingerprint density at radius 1 is 1.17 bits per heavy atom. The van der Waals surface area contributed by atoms with Crippen molar-refractivity contribution < 1.29 is 0 Å². The van der Waals surface area contributed by atoms with E-state index in [9.17, 15) is 0 Å². The Balaban J connectivity index is 1.59. The van der Waals surface area contributed by atoms with Crippen molar-refractivity contribution in [2.45, 2.75) is 52.5 Å². The van der Waals surface area contributed by atoms with Crippen molar-refractivity contribution in [2.24, 2.45) is 10.7 Å². The second-order valence-electron chi connectivity index (χ2n) is 6.51. The number of rotatable bonds is 4. The number of nitrogens with two attached hydrogens (primary N) is 1. The fourth-order valence-electron chi connectivity index (χ4n) is 3.24. The predicted molar refractivity (Wildman–Crippen MR) is 97.3 cm³/mol. The summed E-state index contributed by atoms with van der Waals surface area (Å²) in [5, 5.41) is 11.8. The molecular weight excluding hydrogens is 300 g/mol. The number of fused-ring (bicyclic) bond motifs is 1. The van der Waals surface area contributed by atoms with Crippen molar-refractivity contribution in [3.8, 4) is 0 Å². The minimum atomic E-state index is 0.440. The Kier molecular flexibility index (Phi) is 5.13. The zero-order chi connectivity index (χ0) is 16.9.